The van der Waals surface area contributed by atoms with Gasteiger partial charge in [-0.25, -0.2) is 9.37 Å². The zero-order chi connectivity index (χ0) is 22.8. The number of nitrogens with zero attached hydrogens (tertiary/aromatic N) is 3. The second-order valence-corrected chi connectivity index (χ2v) is 7.90. The smallest absolute Gasteiger partial charge is 0.228 e. The maximum absolute atomic E-state index is 14.5. The molecule has 0 radical (unpaired) electrons. The monoisotopic (exact) mass is 446 g/mol. The van der Waals surface area contributed by atoms with E-state index in [1.807, 2.05) is 18.2 Å². The summed E-state index contributed by atoms with van der Waals surface area (Å²) in [5, 5.41) is 0. The van der Waals surface area contributed by atoms with Crippen molar-refractivity contribution < 1.29 is 18.7 Å². The van der Waals surface area contributed by atoms with Crippen LogP contribution in [0.4, 0.5) is 4.39 Å². The molecule has 0 bridgehead atoms. The van der Waals surface area contributed by atoms with Crippen LogP contribution in [0.1, 0.15) is 21.7 Å². The number of fused-ring (bicyclic) bond motifs is 1. The van der Waals surface area contributed by atoms with Gasteiger partial charge >= 0.3 is 0 Å². The van der Waals surface area contributed by atoms with Gasteiger partial charge in [-0.15, -0.1) is 0 Å². The summed E-state index contributed by atoms with van der Waals surface area (Å²) in [5.74, 6) is -0.183. The van der Waals surface area contributed by atoms with Crippen molar-refractivity contribution in [2.24, 2.45) is 0 Å². The standard InChI is InChI=1S/C25H23FN4O3/c1-32-22-4-2-3-18(26)23(22)21-14-17(7-8-27-21)24(31)25-28-19-6-5-16(13-20(19)29-25)15-30-9-11-33-12-10-30/h2-8,13-14H,9-12,15H2,1H3,(H,28,29). The molecular formula is C25H23FN4O3. The number of methoxy groups -OCH3 is 1. The van der Waals surface area contributed by atoms with E-state index in [1.54, 1.807) is 24.3 Å². The molecule has 2 aromatic carbocycles. The van der Waals surface area contributed by atoms with E-state index in [2.05, 4.69) is 19.9 Å². The maximum atomic E-state index is 14.5. The second-order valence-electron chi connectivity index (χ2n) is 7.90. The highest BCUT2D eigenvalue weighted by atomic mass is 19.1. The number of aromatic amines is 1. The summed E-state index contributed by atoms with van der Waals surface area (Å²) in [7, 11) is 1.47. The minimum atomic E-state index is -0.469. The van der Waals surface area contributed by atoms with E-state index >= 15 is 0 Å². The Balaban J connectivity index is 1.42. The summed E-state index contributed by atoms with van der Waals surface area (Å²) >= 11 is 0. The SMILES string of the molecule is COc1cccc(F)c1-c1cc(C(=O)c2nc3ccc(CN4CCOCC4)cc3[nH]2)ccn1. The van der Waals surface area contributed by atoms with Gasteiger partial charge in [-0.1, -0.05) is 12.1 Å². The highest BCUT2D eigenvalue weighted by Gasteiger charge is 2.19. The molecule has 4 aromatic rings. The highest BCUT2D eigenvalue weighted by Crippen LogP contribution is 2.31. The van der Waals surface area contributed by atoms with E-state index < -0.39 is 5.82 Å². The van der Waals surface area contributed by atoms with Crippen molar-refractivity contribution >= 4 is 16.8 Å². The normalized spacial score (nSPS) is 14.5. The number of hydrogen-bond acceptors (Lipinski definition) is 6. The molecule has 8 heteroatoms. The maximum Gasteiger partial charge on any atom is 0.228 e. The van der Waals surface area contributed by atoms with Crippen molar-refractivity contribution in [3.63, 3.8) is 0 Å². The Bertz CT molecular complexity index is 1310. The lowest BCUT2D eigenvalue weighted by Crippen LogP contribution is -2.35. The van der Waals surface area contributed by atoms with Crippen molar-refractivity contribution in [1.29, 1.82) is 0 Å². The zero-order valence-corrected chi connectivity index (χ0v) is 18.2. The second kappa shape index (κ2) is 9.09. The summed E-state index contributed by atoms with van der Waals surface area (Å²) in [6.45, 7) is 4.12. The van der Waals surface area contributed by atoms with E-state index in [9.17, 15) is 9.18 Å². The number of imidazole rings is 1. The van der Waals surface area contributed by atoms with Gasteiger partial charge in [0.2, 0.25) is 5.78 Å². The number of hydrogen-bond donors (Lipinski definition) is 1. The molecule has 3 heterocycles. The first kappa shape index (κ1) is 21.2. The number of ether oxygens (including phenoxy) is 2. The van der Waals surface area contributed by atoms with E-state index in [0.717, 1.165) is 43.9 Å². The zero-order valence-electron chi connectivity index (χ0n) is 18.2. The predicted octanol–water partition coefficient (Wildman–Crippen LogP) is 3.84. The number of H-pyrrole nitrogens is 1. The number of rotatable bonds is 6. The van der Waals surface area contributed by atoms with Gasteiger partial charge in [0.1, 0.15) is 11.6 Å². The minimum Gasteiger partial charge on any atom is -0.496 e. The lowest BCUT2D eigenvalue weighted by atomic mass is 10.1. The number of morpholine rings is 1. The van der Waals surface area contributed by atoms with Crippen LogP contribution >= 0.6 is 0 Å². The quantitative estimate of drug-likeness (QED) is 0.454. The topological polar surface area (TPSA) is 80.3 Å². The van der Waals surface area contributed by atoms with E-state index in [0.29, 0.717) is 22.5 Å². The number of aromatic nitrogens is 3. The fourth-order valence-corrected chi connectivity index (χ4v) is 4.05. The van der Waals surface area contributed by atoms with Crippen molar-refractivity contribution in [2.45, 2.75) is 6.54 Å². The van der Waals surface area contributed by atoms with Gasteiger partial charge in [-0.2, -0.15) is 0 Å². The van der Waals surface area contributed by atoms with Crippen LogP contribution in [-0.2, 0) is 11.3 Å². The largest absolute Gasteiger partial charge is 0.496 e. The molecule has 1 aliphatic heterocycles. The molecule has 0 spiro atoms. The van der Waals surface area contributed by atoms with E-state index in [1.165, 1.54) is 19.4 Å². The summed E-state index contributed by atoms with van der Waals surface area (Å²) in [4.78, 5) is 27.4. The average Bonchev–Trinajstić information content (AvgIpc) is 3.27. The molecule has 1 aliphatic rings. The number of carbonyl (C=O) groups excluding carboxylic acids is 1. The van der Waals surface area contributed by atoms with Crippen molar-refractivity contribution in [3.8, 4) is 17.0 Å². The van der Waals surface area contributed by atoms with Crippen LogP contribution in [0.3, 0.4) is 0 Å². The van der Waals surface area contributed by atoms with Crippen molar-refractivity contribution in [1.82, 2.24) is 19.9 Å². The van der Waals surface area contributed by atoms with Gasteiger partial charge in [0, 0.05) is 31.4 Å². The Morgan fingerprint density at radius 2 is 2.03 bits per heavy atom. The Kier molecular flexibility index (Phi) is 5.85. The molecule has 0 unspecified atom stereocenters. The van der Waals surface area contributed by atoms with Crippen LogP contribution in [0.5, 0.6) is 5.75 Å². The number of halogens is 1. The number of ketones is 1. The molecule has 2 aromatic heterocycles. The number of pyridine rings is 1. The third-order valence-electron chi connectivity index (χ3n) is 5.74. The molecule has 0 saturated carbocycles. The predicted molar refractivity (Wildman–Crippen MR) is 122 cm³/mol. The third kappa shape index (κ3) is 4.35. The van der Waals surface area contributed by atoms with E-state index in [4.69, 9.17) is 9.47 Å². The van der Waals surface area contributed by atoms with Crippen LogP contribution < -0.4 is 4.74 Å². The first-order valence-electron chi connectivity index (χ1n) is 10.7. The molecular weight excluding hydrogens is 423 g/mol. The first-order valence-corrected chi connectivity index (χ1v) is 10.7. The molecule has 0 amide bonds. The van der Waals surface area contributed by atoms with Crippen molar-refractivity contribution in [2.75, 3.05) is 33.4 Å². The Labute approximate surface area is 190 Å². The van der Waals surface area contributed by atoms with Gasteiger partial charge in [0.05, 0.1) is 42.6 Å². The highest BCUT2D eigenvalue weighted by molar-refractivity contribution is 6.08. The van der Waals surface area contributed by atoms with Crippen LogP contribution in [-0.4, -0.2) is 59.0 Å². The molecule has 1 fully saturated rings. The van der Waals surface area contributed by atoms with E-state index in [-0.39, 0.29) is 17.2 Å². The number of benzene rings is 2. The van der Waals surface area contributed by atoms with Crippen LogP contribution in [0.15, 0.2) is 54.7 Å². The number of nitrogens with one attached hydrogen (secondary N) is 1. The van der Waals surface area contributed by atoms with Crippen LogP contribution in [0, 0.1) is 5.82 Å². The Morgan fingerprint density at radius 3 is 2.85 bits per heavy atom. The van der Waals surface area contributed by atoms with Gasteiger partial charge < -0.3 is 14.5 Å². The van der Waals surface area contributed by atoms with Gasteiger partial charge in [-0.3, -0.25) is 14.7 Å². The molecule has 168 valence electrons. The number of carbonyl (C=O) groups is 1. The molecule has 0 atom stereocenters. The lowest BCUT2D eigenvalue weighted by molar-refractivity contribution is 0.0342. The summed E-state index contributed by atoms with van der Waals surface area (Å²) in [6.07, 6.45) is 1.48. The fraction of sp³-hybridized carbons (Fsp3) is 0.240. The Morgan fingerprint density at radius 1 is 1.18 bits per heavy atom. The first-order chi connectivity index (χ1) is 16.1. The minimum absolute atomic E-state index is 0.215. The lowest BCUT2D eigenvalue weighted by Gasteiger charge is -2.26. The van der Waals surface area contributed by atoms with Crippen molar-refractivity contribution in [3.05, 3.63) is 77.5 Å². The molecule has 1 saturated heterocycles. The molecule has 5 rings (SSSR count). The summed E-state index contributed by atoms with van der Waals surface area (Å²) in [6, 6.07) is 13.7. The average molecular weight is 446 g/mol. The fourth-order valence-electron chi connectivity index (χ4n) is 4.05. The third-order valence-corrected chi connectivity index (χ3v) is 5.74. The van der Waals surface area contributed by atoms with Gasteiger partial charge in [0.15, 0.2) is 5.82 Å². The molecule has 1 N–H and O–H groups in total. The van der Waals surface area contributed by atoms with Crippen LogP contribution in [0.25, 0.3) is 22.3 Å². The van der Waals surface area contributed by atoms with Gasteiger partial charge in [-0.05, 0) is 42.0 Å². The molecule has 33 heavy (non-hydrogen) atoms. The molecule has 0 aliphatic carbocycles. The van der Waals surface area contributed by atoms with Crippen LogP contribution in [0.2, 0.25) is 0 Å². The Hall–Kier alpha value is -3.62. The van der Waals surface area contributed by atoms with Gasteiger partial charge in [0.25, 0.3) is 0 Å². The summed E-state index contributed by atoms with van der Waals surface area (Å²) < 4.78 is 25.2. The molecule has 7 nitrogen and oxygen atoms in total. The summed E-state index contributed by atoms with van der Waals surface area (Å²) in [5.41, 5.74) is 3.55.